The van der Waals surface area contributed by atoms with Gasteiger partial charge in [-0.25, -0.2) is 0 Å². The Hall–Kier alpha value is -0.730. The summed E-state index contributed by atoms with van der Waals surface area (Å²) in [6.07, 6.45) is 7.75. The first-order valence-electron chi connectivity index (χ1n) is 7.41. The van der Waals surface area contributed by atoms with Crippen LogP contribution in [0.2, 0.25) is 0 Å². The molecule has 1 nitrogen and oxygen atoms in total. The van der Waals surface area contributed by atoms with Gasteiger partial charge in [0.15, 0.2) is 0 Å². The summed E-state index contributed by atoms with van der Waals surface area (Å²) in [5.41, 5.74) is 2.98. The molecule has 0 heterocycles. The molecule has 0 aromatic heterocycles. The van der Waals surface area contributed by atoms with Crippen LogP contribution in [-0.4, -0.2) is 18.3 Å². The first-order valence-corrected chi connectivity index (χ1v) is 8.40. The van der Waals surface area contributed by atoms with Crippen molar-refractivity contribution in [3.63, 3.8) is 0 Å². The molecular weight excluding hydrogens is 250 g/mol. The summed E-state index contributed by atoms with van der Waals surface area (Å²) in [5, 5.41) is 3.65. The van der Waals surface area contributed by atoms with E-state index in [2.05, 4.69) is 49.5 Å². The van der Waals surface area contributed by atoms with Gasteiger partial charge >= 0.3 is 0 Å². The van der Waals surface area contributed by atoms with Crippen molar-refractivity contribution in [2.75, 3.05) is 12.3 Å². The monoisotopic (exact) mass is 275 g/mol. The highest BCUT2D eigenvalue weighted by Gasteiger charge is 2.15. The van der Waals surface area contributed by atoms with Crippen LogP contribution in [0, 0.1) is 6.92 Å². The quantitative estimate of drug-likeness (QED) is 0.603. The molecule has 0 fully saturated rings. The fraction of sp³-hybridized carbons (Fsp3) is 0.529. The van der Waals surface area contributed by atoms with Crippen molar-refractivity contribution in [1.29, 1.82) is 0 Å². The highest BCUT2D eigenvalue weighted by Crippen LogP contribution is 2.26. The van der Waals surface area contributed by atoms with Crippen LogP contribution in [0.1, 0.15) is 38.2 Å². The van der Waals surface area contributed by atoms with Crippen LogP contribution in [0.3, 0.4) is 0 Å². The van der Waals surface area contributed by atoms with Gasteiger partial charge in [0.05, 0.1) is 0 Å². The van der Waals surface area contributed by atoms with Crippen LogP contribution < -0.4 is 5.32 Å². The Balaban J connectivity index is 1.95. The lowest BCUT2D eigenvalue weighted by Gasteiger charge is -2.24. The molecule has 1 unspecified atom stereocenters. The van der Waals surface area contributed by atoms with Gasteiger partial charge in [0.25, 0.3) is 0 Å². The molecule has 19 heavy (non-hydrogen) atoms. The average Bonchev–Trinajstić information content (AvgIpc) is 2.44. The summed E-state index contributed by atoms with van der Waals surface area (Å²) in [7, 11) is 0. The number of benzene rings is 1. The van der Waals surface area contributed by atoms with Crippen molar-refractivity contribution in [1.82, 2.24) is 5.32 Å². The number of rotatable bonds is 6. The number of nitrogens with one attached hydrogen (secondary N) is 1. The fourth-order valence-corrected chi connectivity index (χ4v) is 3.74. The Morgan fingerprint density at radius 2 is 2.21 bits per heavy atom. The normalized spacial score (nSPS) is 17.1. The molecule has 2 rings (SSSR count). The van der Waals surface area contributed by atoms with Crippen molar-refractivity contribution in [3.8, 4) is 0 Å². The second-order valence-electron chi connectivity index (χ2n) is 5.26. The molecule has 1 aliphatic carbocycles. The SMILES string of the molecule is CCNC(CSc1cccc(C)c1)C1=CCCCC1. The molecule has 0 amide bonds. The van der Waals surface area contributed by atoms with Crippen LogP contribution in [-0.2, 0) is 0 Å². The fourth-order valence-electron chi connectivity index (χ4n) is 2.61. The first-order chi connectivity index (χ1) is 9.29. The number of hydrogen-bond acceptors (Lipinski definition) is 2. The van der Waals surface area contributed by atoms with Gasteiger partial charge in [-0.3, -0.25) is 0 Å². The third-order valence-corrected chi connectivity index (χ3v) is 4.72. The third-order valence-electron chi connectivity index (χ3n) is 3.63. The minimum atomic E-state index is 0.552. The first kappa shape index (κ1) is 14.7. The second-order valence-corrected chi connectivity index (χ2v) is 6.36. The summed E-state index contributed by atoms with van der Waals surface area (Å²) in [6.45, 7) is 5.42. The van der Waals surface area contributed by atoms with Crippen LogP contribution >= 0.6 is 11.8 Å². The molecule has 0 bridgehead atoms. The van der Waals surface area contributed by atoms with E-state index < -0.39 is 0 Å². The molecule has 2 heteroatoms. The van der Waals surface area contributed by atoms with E-state index in [1.165, 1.54) is 36.1 Å². The van der Waals surface area contributed by atoms with Crippen molar-refractivity contribution in [3.05, 3.63) is 41.5 Å². The molecule has 0 spiro atoms. The van der Waals surface area contributed by atoms with Gasteiger partial charge in [-0.15, -0.1) is 11.8 Å². The highest BCUT2D eigenvalue weighted by atomic mass is 32.2. The van der Waals surface area contributed by atoms with Crippen molar-refractivity contribution >= 4 is 11.8 Å². The van der Waals surface area contributed by atoms with Crippen LogP contribution in [0.25, 0.3) is 0 Å². The largest absolute Gasteiger partial charge is 0.310 e. The van der Waals surface area contributed by atoms with Crippen molar-refractivity contribution in [2.45, 2.75) is 50.5 Å². The molecule has 0 saturated carbocycles. The zero-order valence-corrected chi connectivity index (χ0v) is 12.9. The minimum absolute atomic E-state index is 0.552. The maximum Gasteiger partial charge on any atom is 0.0374 e. The zero-order valence-electron chi connectivity index (χ0n) is 12.1. The zero-order chi connectivity index (χ0) is 13.5. The Kier molecular flexibility index (Phi) is 5.99. The predicted octanol–water partition coefficient (Wildman–Crippen LogP) is 4.57. The van der Waals surface area contributed by atoms with E-state index in [1.807, 2.05) is 11.8 Å². The number of thioether (sulfide) groups is 1. The van der Waals surface area contributed by atoms with E-state index in [9.17, 15) is 0 Å². The average molecular weight is 275 g/mol. The van der Waals surface area contributed by atoms with Gasteiger partial charge < -0.3 is 5.32 Å². The lowest BCUT2D eigenvalue weighted by molar-refractivity contribution is 0.580. The van der Waals surface area contributed by atoms with E-state index in [4.69, 9.17) is 0 Å². The van der Waals surface area contributed by atoms with Gasteiger partial charge in [0.2, 0.25) is 0 Å². The molecule has 1 aliphatic rings. The highest BCUT2D eigenvalue weighted by molar-refractivity contribution is 7.99. The van der Waals surface area contributed by atoms with Gasteiger partial charge in [-0.1, -0.05) is 36.3 Å². The smallest absolute Gasteiger partial charge is 0.0374 e. The summed E-state index contributed by atoms with van der Waals surface area (Å²) < 4.78 is 0. The van der Waals surface area contributed by atoms with Crippen LogP contribution in [0.5, 0.6) is 0 Å². The number of aryl methyl sites for hydroxylation is 1. The third kappa shape index (κ3) is 4.70. The van der Waals surface area contributed by atoms with Crippen LogP contribution in [0.15, 0.2) is 40.8 Å². The van der Waals surface area contributed by atoms with Crippen molar-refractivity contribution < 1.29 is 0 Å². The standard InChI is InChI=1S/C17H25NS/c1-3-18-17(15-9-5-4-6-10-15)13-19-16-11-7-8-14(2)12-16/h7-9,11-12,17-18H,3-6,10,13H2,1-2H3. The summed E-state index contributed by atoms with van der Waals surface area (Å²) in [4.78, 5) is 1.39. The Morgan fingerprint density at radius 3 is 2.89 bits per heavy atom. The van der Waals surface area contributed by atoms with E-state index in [0.29, 0.717) is 6.04 Å². The van der Waals surface area contributed by atoms with E-state index >= 15 is 0 Å². The number of likely N-dealkylation sites (N-methyl/N-ethyl adjacent to an activating group) is 1. The van der Waals surface area contributed by atoms with Gasteiger partial charge in [0.1, 0.15) is 0 Å². The molecule has 1 atom stereocenters. The van der Waals surface area contributed by atoms with Gasteiger partial charge in [-0.05, 0) is 51.3 Å². The van der Waals surface area contributed by atoms with Gasteiger partial charge in [-0.2, -0.15) is 0 Å². The van der Waals surface area contributed by atoms with E-state index in [0.717, 1.165) is 12.3 Å². The summed E-state index contributed by atoms with van der Waals surface area (Å²) in [6, 6.07) is 9.37. The lowest BCUT2D eigenvalue weighted by atomic mass is 9.95. The second kappa shape index (κ2) is 7.76. The summed E-state index contributed by atoms with van der Waals surface area (Å²) >= 11 is 1.97. The Labute approximate surface area is 121 Å². The molecule has 1 N–H and O–H groups in total. The molecular formula is C17H25NS. The predicted molar refractivity (Wildman–Crippen MR) is 85.9 cm³/mol. The number of allylic oxidation sites excluding steroid dienone is 1. The topological polar surface area (TPSA) is 12.0 Å². The molecule has 0 aliphatic heterocycles. The molecule has 1 aromatic rings. The molecule has 0 saturated heterocycles. The van der Waals surface area contributed by atoms with Crippen molar-refractivity contribution in [2.24, 2.45) is 0 Å². The number of hydrogen-bond donors (Lipinski definition) is 1. The van der Waals surface area contributed by atoms with E-state index in [1.54, 1.807) is 5.57 Å². The Bertz CT molecular complexity index is 425. The molecule has 104 valence electrons. The summed E-state index contributed by atoms with van der Waals surface area (Å²) in [5.74, 6) is 1.14. The van der Waals surface area contributed by atoms with E-state index in [-0.39, 0.29) is 0 Å². The van der Waals surface area contributed by atoms with Crippen LogP contribution in [0.4, 0.5) is 0 Å². The molecule has 1 aromatic carbocycles. The van der Waals surface area contributed by atoms with Gasteiger partial charge in [0, 0.05) is 16.7 Å². The lowest BCUT2D eigenvalue weighted by Crippen LogP contribution is -2.33. The maximum atomic E-state index is 3.65. The minimum Gasteiger partial charge on any atom is -0.310 e. The molecule has 0 radical (unpaired) electrons. The maximum absolute atomic E-state index is 3.65. The Morgan fingerprint density at radius 1 is 1.32 bits per heavy atom.